The van der Waals surface area contributed by atoms with Crippen LogP contribution in [0.1, 0.15) is 12.0 Å². The Kier molecular flexibility index (Phi) is 6.03. The minimum absolute atomic E-state index is 0.173. The molecule has 0 radical (unpaired) electrons. The maximum Gasteiger partial charge on any atom is 0.239 e. The average molecular weight is 384 g/mol. The van der Waals surface area contributed by atoms with Crippen molar-refractivity contribution in [2.75, 3.05) is 32.8 Å². The number of hydrogen-bond acceptors (Lipinski definition) is 5. The molecule has 0 bridgehead atoms. The lowest BCUT2D eigenvalue weighted by molar-refractivity contribution is -0.132. The Morgan fingerprint density at radius 1 is 1.07 bits per heavy atom. The lowest BCUT2D eigenvalue weighted by Gasteiger charge is -2.17. The second-order valence-corrected chi connectivity index (χ2v) is 6.42. The maximum absolute atomic E-state index is 12.7. The molecule has 2 aromatic carbocycles. The second-order valence-electron chi connectivity index (χ2n) is 6.42. The smallest absolute Gasteiger partial charge is 0.239 e. The second kappa shape index (κ2) is 8.65. The predicted octanol–water partition coefficient (Wildman–Crippen LogP) is 2.38. The Labute approximate surface area is 164 Å². The monoisotopic (exact) mass is 384 g/mol. The van der Waals surface area contributed by atoms with Crippen LogP contribution in [0.25, 0.3) is 0 Å². The summed E-state index contributed by atoms with van der Waals surface area (Å²) < 4.78 is 16.0. The number of carbonyl (C=O) groups excluding carboxylic acids is 2. The van der Waals surface area contributed by atoms with Crippen molar-refractivity contribution in [2.24, 2.45) is 5.92 Å². The number of hydrogen-bond donors (Lipinski definition) is 1. The van der Waals surface area contributed by atoms with Crippen molar-refractivity contribution in [1.82, 2.24) is 5.32 Å². The van der Waals surface area contributed by atoms with Gasteiger partial charge in [0.1, 0.15) is 5.92 Å². The van der Waals surface area contributed by atoms with Crippen LogP contribution in [0, 0.1) is 5.92 Å². The molecule has 0 spiro atoms. The Hall–Kier alpha value is -3.22. The van der Waals surface area contributed by atoms with E-state index in [1.807, 2.05) is 30.3 Å². The fourth-order valence-corrected chi connectivity index (χ4v) is 3.34. The first kappa shape index (κ1) is 19.5. The minimum Gasteiger partial charge on any atom is -0.493 e. The summed E-state index contributed by atoms with van der Waals surface area (Å²) in [5, 5.41) is 2.85. The molecule has 2 amide bonds. The Bertz CT molecular complexity index is 828. The highest BCUT2D eigenvalue weighted by Crippen LogP contribution is 2.38. The molecule has 1 aliphatic rings. The van der Waals surface area contributed by atoms with Crippen LogP contribution in [0.4, 0.5) is 5.69 Å². The van der Waals surface area contributed by atoms with Crippen LogP contribution in [0.5, 0.6) is 17.2 Å². The van der Waals surface area contributed by atoms with Gasteiger partial charge in [-0.15, -0.1) is 0 Å². The molecule has 148 valence electrons. The van der Waals surface area contributed by atoms with Crippen molar-refractivity contribution >= 4 is 17.5 Å². The standard InChI is InChI=1S/C21H24N2O5/c1-26-17-11-14(12-18(27-2)19(17)28-3)13-22-20(24)16-9-10-23(21(16)25)15-7-5-4-6-8-15/h4-8,11-12,16H,9-10,13H2,1-3H3,(H,22,24)/t16-/m1/s1. The third-order valence-corrected chi connectivity index (χ3v) is 4.78. The number of methoxy groups -OCH3 is 3. The van der Waals surface area contributed by atoms with Crippen molar-refractivity contribution in [3.05, 3.63) is 48.0 Å². The molecule has 1 fully saturated rings. The van der Waals surface area contributed by atoms with E-state index in [0.717, 1.165) is 11.3 Å². The summed E-state index contributed by atoms with van der Waals surface area (Å²) in [6, 6.07) is 12.9. The van der Waals surface area contributed by atoms with Gasteiger partial charge in [0.05, 0.1) is 21.3 Å². The molecule has 1 atom stereocenters. The van der Waals surface area contributed by atoms with Crippen LogP contribution in [0.2, 0.25) is 0 Å². The number of para-hydroxylation sites is 1. The Morgan fingerprint density at radius 2 is 1.71 bits per heavy atom. The van der Waals surface area contributed by atoms with Crippen molar-refractivity contribution < 1.29 is 23.8 Å². The third kappa shape index (κ3) is 3.88. The molecule has 0 aliphatic carbocycles. The van der Waals surface area contributed by atoms with E-state index in [1.54, 1.807) is 17.0 Å². The molecule has 0 unspecified atom stereocenters. The fourth-order valence-electron chi connectivity index (χ4n) is 3.34. The van der Waals surface area contributed by atoms with Gasteiger partial charge in [-0.25, -0.2) is 0 Å². The molecule has 7 heteroatoms. The molecule has 1 aliphatic heterocycles. The van der Waals surface area contributed by atoms with Crippen LogP contribution in [0.3, 0.4) is 0 Å². The number of benzene rings is 2. The predicted molar refractivity (Wildman–Crippen MR) is 105 cm³/mol. The Balaban J connectivity index is 1.67. The molecular formula is C21H24N2O5. The number of ether oxygens (including phenoxy) is 3. The molecule has 0 saturated carbocycles. The molecule has 1 heterocycles. The van der Waals surface area contributed by atoms with Gasteiger partial charge >= 0.3 is 0 Å². The van der Waals surface area contributed by atoms with E-state index in [2.05, 4.69) is 5.32 Å². The van der Waals surface area contributed by atoms with Crippen LogP contribution in [0.15, 0.2) is 42.5 Å². The summed E-state index contributed by atoms with van der Waals surface area (Å²) >= 11 is 0. The highest BCUT2D eigenvalue weighted by molar-refractivity contribution is 6.09. The summed E-state index contributed by atoms with van der Waals surface area (Å²) in [5.41, 5.74) is 1.60. The van der Waals surface area contributed by atoms with E-state index in [9.17, 15) is 9.59 Å². The molecule has 1 N–H and O–H groups in total. The number of anilines is 1. The zero-order valence-corrected chi connectivity index (χ0v) is 16.2. The van der Waals surface area contributed by atoms with Gasteiger partial charge in [0.2, 0.25) is 17.6 Å². The number of carbonyl (C=O) groups is 2. The molecule has 28 heavy (non-hydrogen) atoms. The van der Waals surface area contributed by atoms with Crippen LogP contribution >= 0.6 is 0 Å². The summed E-state index contributed by atoms with van der Waals surface area (Å²) in [4.78, 5) is 26.9. The molecule has 2 aromatic rings. The van der Waals surface area contributed by atoms with Gasteiger partial charge in [-0.1, -0.05) is 18.2 Å². The van der Waals surface area contributed by atoms with Gasteiger partial charge in [-0.2, -0.15) is 0 Å². The first-order valence-electron chi connectivity index (χ1n) is 9.02. The zero-order chi connectivity index (χ0) is 20.1. The SMILES string of the molecule is COc1cc(CNC(=O)[C@H]2CCN(c3ccccc3)C2=O)cc(OC)c1OC. The van der Waals surface area contributed by atoms with Gasteiger partial charge in [0.15, 0.2) is 11.5 Å². The Morgan fingerprint density at radius 3 is 2.29 bits per heavy atom. The lowest BCUT2D eigenvalue weighted by Crippen LogP contribution is -2.36. The van der Waals surface area contributed by atoms with Crippen molar-refractivity contribution in [3.8, 4) is 17.2 Å². The highest BCUT2D eigenvalue weighted by atomic mass is 16.5. The van der Waals surface area contributed by atoms with Crippen LogP contribution in [-0.2, 0) is 16.1 Å². The van der Waals surface area contributed by atoms with Crippen LogP contribution < -0.4 is 24.4 Å². The largest absolute Gasteiger partial charge is 0.493 e. The number of nitrogens with zero attached hydrogens (tertiary/aromatic N) is 1. The minimum atomic E-state index is -0.678. The maximum atomic E-state index is 12.7. The van der Waals surface area contributed by atoms with E-state index in [1.165, 1.54) is 21.3 Å². The quantitative estimate of drug-likeness (QED) is 0.742. The van der Waals surface area contributed by atoms with E-state index >= 15 is 0 Å². The van der Waals surface area contributed by atoms with E-state index in [0.29, 0.717) is 30.2 Å². The normalized spacial score (nSPS) is 16.0. The molecule has 7 nitrogen and oxygen atoms in total. The van der Waals surface area contributed by atoms with Gasteiger partial charge < -0.3 is 24.4 Å². The average Bonchev–Trinajstić information content (AvgIpc) is 3.13. The first-order valence-corrected chi connectivity index (χ1v) is 9.02. The molecular weight excluding hydrogens is 360 g/mol. The van der Waals surface area contributed by atoms with Crippen molar-refractivity contribution in [3.63, 3.8) is 0 Å². The summed E-state index contributed by atoms with van der Waals surface area (Å²) in [5.74, 6) is 0.383. The van der Waals surface area contributed by atoms with Gasteiger partial charge in [-0.3, -0.25) is 9.59 Å². The number of nitrogens with one attached hydrogen (secondary N) is 1. The topological polar surface area (TPSA) is 77.1 Å². The molecule has 1 saturated heterocycles. The summed E-state index contributed by atoms with van der Waals surface area (Å²) in [7, 11) is 4.61. The third-order valence-electron chi connectivity index (χ3n) is 4.78. The number of rotatable bonds is 7. The number of amides is 2. The highest BCUT2D eigenvalue weighted by Gasteiger charge is 2.37. The first-order chi connectivity index (χ1) is 13.6. The fraction of sp³-hybridized carbons (Fsp3) is 0.333. The molecule has 3 rings (SSSR count). The van der Waals surface area contributed by atoms with E-state index < -0.39 is 5.92 Å². The van der Waals surface area contributed by atoms with Gasteiger partial charge in [-0.05, 0) is 36.2 Å². The lowest BCUT2D eigenvalue weighted by atomic mass is 10.1. The zero-order valence-electron chi connectivity index (χ0n) is 16.2. The van der Waals surface area contributed by atoms with E-state index in [-0.39, 0.29) is 18.4 Å². The van der Waals surface area contributed by atoms with Gasteiger partial charge in [0.25, 0.3) is 0 Å². The summed E-state index contributed by atoms with van der Waals surface area (Å²) in [6.45, 7) is 0.787. The van der Waals surface area contributed by atoms with Crippen LogP contribution in [-0.4, -0.2) is 39.7 Å². The van der Waals surface area contributed by atoms with E-state index in [4.69, 9.17) is 14.2 Å². The summed E-state index contributed by atoms with van der Waals surface area (Å²) in [6.07, 6.45) is 0.495. The van der Waals surface area contributed by atoms with Gasteiger partial charge in [0, 0.05) is 18.8 Å². The molecule has 0 aromatic heterocycles. The van der Waals surface area contributed by atoms with Crippen molar-refractivity contribution in [1.29, 1.82) is 0 Å². The van der Waals surface area contributed by atoms with Crippen molar-refractivity contribution in [2.45, 2.75) is 13.0 Å².